The first kappa shape index (κ1) is 15.0. The predicted octanol–water partition coefficient (Wildman–Crippen LogP) is 1.39. The monoisotopic (exact) mass is 290 g/mol. The predicted molar refractivity (Wildman–Crippen MR) is 83.1 cm³/mol. The van der Waals surface area contributed by atoms with E-state index in [9.17, 15) is 5.11 Å². The van der Waals surface area contributed by atoms with E-state index in [1.165, 1.54) is 5.56 Å². The Morgan fingerprint density at radius 1 is 1.33 bits per heavy atom. The van der Waals surface area contributed by atoms with Crippen LogP contribution in [0.5, 0.6) is 0 Å². The van der Waals surface area contributed by atoms with Gasteiger partial charge in [0.25, 0.3) is 0 Å². The smallest absolute Gasteiger partial charge is 0.0700 e. The fourth-order valence-electron chi connectivity index (χ4n) is 3.47. The molecule has 2 aliphatic heterocycles. The van der Waals surface area contributed by atoms with Gasteiger partial charge in [0.2, 0.25) is 0 Å². The second-order valence-electron chi connectivity index (χ2n) is 6.34. The zero-order valence-corrected chi connectivity index (χ0v) is 12.7. The number of hydrogen-bond acceptors (Lipinski definition) is 4. The molecule has 0 spiro atoms. The molecule has 4 heteroatoms. The fraction of sp³-hybridized carbons (Fsp3) is 0.647. The van der Waals surface area contributed by atoms with E-state index in [0.29, 0.717) is 18.2 Å². The average molecular weight is 290 g/mol. The molecule has 0 radical (unpaired) electrons. The first-order valence-electron chi connectivity index (χ1n) is 8.03. The van der Waals surface area contributed by atoms with Crippen molar-refractivity contribution in [1.82, 2.24) is 10.2 Å². The molecule has 1 aromatic carbocycles. The van der Waals surface area contributed by atoms with Crippen molar-refractivity contribution in [2.45, 2.75) is 50.6 Å². The van der Waals surface area contributed by atoms with Crippen LogP contribution in [0, 0.1) is 0 Å². The lowest BCUT2D eigenvalue weighted by atomic mass is 10.1. The molecule has 3 rings (SSSR count). The van der Waals surface area contributed by atoms with E-state index in [4.69, 9.17) is 4.74 Å². The summed E-state index contributed by atoms with van der Waals surface area (Å²) >= 11 is 0. The molecule has 2 N–H and O–H groups in total. The number of likely N-dealkylation sites (tertiary alicyclic amines) is 1. The molecular formula is C17H26N2O2. The highest BCUT2D eigenvalue weighted by Gasteiger charge is 2.32. The molecule has 0 bridgehead atoms. The van der Waals surface area contributed by atoms with Gasteiger partial charge < -0.3 is 15.2 Å². The number of aliphatic hydroxyl groups is 1. The van der Waals surface area contributed by atoms with Gasteiger partial charge in [0.15, 0.2) is 0 Å². The van der Waals surface area contributed by atoms with Crippen molar-refractivity contribution in [3.05, 3.63) is 35.9 Å². The van der Waals surface area contributed by atoms with E-state index in [1.54, 1.807) is 0 Å². The number of benzene rings is 1. The molecule has 116 valence electrons. The van der Waals surface area contributed by atoms with Gasteiger partial charge in [0.05, 0.1) is 12.2 Å². The number of ether oxygens (including phenoxy) is 1. The van der Waals surface area contributed by atoms with Crippen LogP contribution in [0.15, 0.2) is 30.3 Å². The van der Waals surface area contributed by atoms with Gasteiger partial charge in [-0.3, -0.25) is 4.90 Å². The van der Waals surface area contributed by atoms with Gasteiger partial charge in [-0.15, -0.1) is 0 Å². The highest BCUT2D eigenvalue weighted by atomic mass is 16.5. The number of nitrogens with zero attached hydrogens (tertiary/aromatic N) is 1. The highest BCUT2D eigenvalue weighted by molar-refractivity contribution is 5.15. The summed E-state index contributed by atoms with van der Waals surface area (Å²) in [5, 5.41) is 13.6. The molecular weight excluding hydrogens is 264 g/mol. The number of aliphatic hydroxyl groups excluding tert-OH is 1. The lowest BCUT2D eigenvalue weighted by molar-refractivity contribution is 0.111. The van der Waals surface area contributed by atoms with Crippen LogP contribution < -0.4 is 5.32 Å². The molecule has 4 nitrogen and oxygen atoms in total. The summed E-state index contributed by atoms with van der Waals surface area (Å²) < 4.78 is 5.60. The molecule has 0 amide bonds. The third-order valence-electron chi connectivity index (χ3n) is 4.73. The number of rotatable bonds is 5. The minimum atomic E-state index is -0.197. The van der Waals surface area contributed by atoms with Crippen LogP contribution in [-0.4, -0.2) is 54.0 Å². The van der Waals surface area contributed by atoms with Gasteiger partial charge in [-0.2, -0.15) is 0 Å². The maximum Gasteiger partial charge on any atom is 0.0700 e. The molecule has 4 atom stereocenters. The Kier molecular flexibility index (Phi) is 4.91. The summed E-state index contributed by atoms with van der Waals surface area (Å²) in [6.45, 7) is 5.62. The Bertz CT molecular complexity index is 440. The van der Waals surface area contributed by atoms with Gasteiger partial charge in [-0.25, -0.2) is 0 Å². The van der Waals surface area contributed by atoms with Gasteiger partial charge in [0.1, 0.15) is 0 Å². The van der Waals surface area contributed by atoms with Crippen LogP contribution in [0.3, 0.4) is 0 Å². The van der Waals surface area contributed by atoms with E-state index >= 15 is 0 Å². The second kappa shape index (κ2) is 6.88. The van der Waals surface area contributed by atoms with Crippen LogP contribution in [0.25, 0.3) is 0 Å². The maximum absolute atomic E-state index is 10.00. The Labute approximate surface area is 127 Å². The molecule has 21 heavy (non-hydrogen) atoms. The largest absolute Gasteiger partial charge is 0.392 e. The number of nitrogens with one attached hydrogen (secondary N) is 1. The second-order valence-corrected chi connectivity index (χ2v) is 6.34. The normalized spacial score (nSPS) is 33.6. The van der Waals surface area contributed by atoms with E-state index < -0.39 is 0 Å². The highest BCUT2D eigenvalue weighted by Crippen LogP contribution is 2.21. The van der Waals surface area contributed by atoms with Crippen molar-refractivity contribution >= 4 is 0 Å². The zero-order chi connectivity index (χ0) is 14.7. The zero-order valence-electron chi connectivity index (χ0n) is 12.7. The van der Waals surface area contributed by atoms with Crippen LogP contribution in [0.1, 0.15) is 25.3 Å². The van der Waals surface area contributed by atoms with E-state index in [0.717, 1.165) is 39.1 Å². The minimum absolute atomic E-state index is 0.197. The molecule has 0 aliphatic carbocycles. The van der Waals surface area contributed by atoms with Crippen molar-refractivity contribution < 1.29 is 9.84 Å². The fourth-order valence-corrected chi connectivity index (χ4v) is 3.47. The summed E-state index contributed by atoms with van der Waals surface area (Å²) in [5.74, 6) is 0. The van der Waals surface area contributed by atoms with Crippen LogP contribution in [0.4, 0.5) is 0 Å². The summed E-state index contributed by atoms with van der Waals surface area (Å²) in [6.07, 6.45) is 2.06. The van der Waals surface area contributed by atoms with Gasteiger partial charge in [-0.05, 0) is 25.3 Å². The average Bonchev–Trinajstić information content (AvgIpc) is 3.04. The standard InChI is InChI=1S/C17H26N2O2/c1-13-17(7-8-21-13)18-10-15-9-16(20)12-19(15)11-14-5-3-2-4-6-14/h2-6,13,15-18,20H,7-12H2,1H3/t13-,15-,16+,17-/m0/s1. The number of hydrogen-bond donors (Lipinski definition) is 2. The number of β-amino-alcohol motifs (C(OH)–C–C–N with tert-alkyl or cyclic N) is 1. The van der Waals surface area contributed by atoms with Crippen molar-refractivity contribution in [2.75, 3.05) is 19.7 Å². The first-order chi connectivity index (χ1) is 10.2. The lowest BCUT2D eigenvalue weighted by Gasteiger charge is -2.26. The first-order valence-corrected chi connectivity index (χ1v) is 8.03. The van der Waals surface area contributed by atoms with Crippen LogP contribution in [0.2, 0.25) is 0 Å². The molecule has 0 saturated carbocycles. The van der Waals surface area contributed by atoms with Crippen LogP contribution >= 0.6 is 0 Å². The summed E-state index contributed by atoms with van der Waals surface area (Å²) in [5.41, 5.74) is 1.31. The van der Waals surface area contributed by atoms with Crippen molar-refractivity contribution in [3.63, 3.8) is 0 Å². The van der Waals surface area contributed by atoms with E-state index in [2.05, 4.69) is 41.4 Å². The molecule has 0 unspecified atom stereocenters. The maximum atomic E-state index is 10.00. The molecule has 2 heterocycles. The van der Waals surface area contributed by atoms with Gasteiger partial charge in [0, 0.05) is 38.3 Å². The van der Waals surface area contributed by atoms with Crippen molar-refractivity contribution in [2.24, 2.45) is 0 Å². The Hall–Kier alpha value is -0.940. The molecule has 0 aromatic heterocycles. The molecule has 2 aliphatic rings. The Morgan fingerprint density at radius 2 is 2.14 bits per heavy atom. The lowest BCUT2D eigenvalue weighted by Crippen LogP contribution is -2.43. The van der Waals surface area contributed by atoms with E-state index in [-0.39, 0.29) is 6.10 Å². The third kappa shape index (κ3) is 3.83. The van der Waals surface area contributed by atoms with E-state index in [1.807, 2.05) is 6.07 Å². The van der Waals surface area contributed by atoms with Gasteiger partial charge >= 0.3 is 0 Å². The minimum Gasteiger partial charge on any atom is -0.392 e. The molecule has 2 fully saturated rings. The van der Waals surface area contributed by atoms with Gasteiger partial charge in [-0.1, -0.05) is 30.3 Å². The third-order valence-corrected chi connectivity index (χ3v) is 4.73. The Balaban J connectivity index is 1.55. The molecule has 2 saturated heterocycles. The quantitative estimate of drug-likeness (QED) is 0.860. The SMILES string of the molecule is C[C@@H]1OCC[C@@H]1NC[C@@H]1C[C@@H](O)CN1Cc1ccccc1. The summed E-state index contributed by atoms with van der Waals surface area (Å²) in [6, 6.07) is 11.4. The topological polar surface area (TPSA) is 44.7 Å². The van der Waals surface area contributed by atoms with Crippen molar-refractivity contribution in [1.29, 1.82) is 0 Å². The summed E-state index contributed by atoms with van der Waals surface area (Å²) in [7, 11) is 0. The Morgan fingerprint density at radius 3 is 2.86 bits per heavy atom. The molecule has 1 aromatic rings. The van der Waals surface area contributed by atoms with Crippen LogP contribution in [-0.2, 0) is 11.3 Å². The summed E-state index contributed by atoms with van der Waals surface area (Å²) in [4.78, 5) is 2.40. The van der Waals surface area contributed by atoms with Crippen molar-refractivity contribution in [3.8, 4) is 0 Å².